The molecule has 7 nitrogen and oxygen atoms in total. The average Bonchev–Trinajstić information content (AvgIpc) is 2.40. The van der Waals surface area contributed by atoms with E-state index >= 15 is 0 Å². The summed E-state index contributed by atoms with van der Waals surface area (Å²) in [4.78, 5) is 24.6. The van der Waals surface area contributed by atoms with Crippen molar-refractivity contribution in [2.45, 2.75) is 25.4 Å². The molecule has 1 fully saturated rings. The zero-order chi connectivity index (χ0) is 15.6. The molecule has 0 aromatic heterocycles. The molecule has 0 atom stereocenters. The Labute approximate surface area is 121 Å². The first-order valence-corrected chi connectivity index (χ1v) is 6.63. The molecule has 0 spiro atoms. The SMILES string of the molecule is CC1(O)CCN(C(=O)Nc2ccc(O)c(C(=O)O)c2)CC1. The minimum Gasteiger partial charge on any atom is -0.507 e. The number of carboxylic acids is 1. The fourth-order valence-electron chi connectivity index (χ4n) is 2.18. The molecule has 1 aliphatic heterocycles. The topological polar surface area (TPSA) is 110 Å². The molecular formula is C14H18N2O5. The van der Waals surface area contributed by atoms with Crippen molar-refractivity contribution in [2.75, 3.05) is 18.4 Å². The van der Waals surface area contributed by atoms with Gasteiger partial charge in [0.25, 0.3) is 0 Å². The Kier molecular flexibility index (Phi) is 4.04. The van der Waals surface area contributed by atoms with Gasteiger partial charge in [-0.1, -0.05) is 0 Å². The van der Waals surface area contributed by atoms with E-state index in [4.69, 9.17) is 5.11 Å². The van der Waals surface area contributed by atoms with Gasteiger partial charge in [0, 0.05) is 18.8 Å². The predicted molar refractivity (Wildman–Crippen MR) is 75.5 cm³/mol. The summed E-state index contributed by atoms with van der Waals surface area (Å²) in [6, 6.07) is 3.50. The molecule has 114 valence electrons. The number of urea groups is 1. The van der Waals surface area contributed by atoms with Crippen molar-refractivity contribution in [3.8, 4) is 5.75 Å². The Morgan fingerprint density at radius 3 is 2.48 bits per heavy atom. The Bertz CT molecular complexity index is 560. The first-order valence-electron chi connectivity index (χ1n) is 6.63. The van der Waals surface area contributed by atoms with E-state index in [0.29, 0.717) is 31.6 Å². The van der Waals surface area contributed by atoms with Crippen LogP contribution in [0.3, 0.4) is 0 Å². The van der Waals surface area contributed by atoms with Crippen molar-refractivity contribution in [1.29, 1.82) is 0 Å². The molecule has 0 aliphatic carbocycles. The third-order valence-electron chi connectivity index (χ3n) is 3.61. The number of aliphatic hydroxyl groups is 1. The molecule has 0 radical (unpaired) electrons. The lowest BCUT2D eigenvalue weighted by molar-refractivity contribution is 0.00569. The third kappa shape index (κ3) is 3.63. The number of amides is 2. The van der Waals surface area contributed by atoms with Crippen LogP contribution in [0.25, 0.3) is 0 Å². The number of hydrogen-bond donors (Lipinski definition) is 4. The predicted octanol–water partition coefficient (Wildman–Crippen LogP) is 1.47. The molecule has 7 heteroatoms. The number of rotatable bonds is 2. The number of carbonyl (C=O) groups is 2. The van der Waals surface area contributed by atoms with Gasteiger partial charge in [-0.05, 0) is 38.0 Å². The largest absolute Gasteiger partial charge is 0.507 e. The molecule has 0 saturated carbocycles. The summed E-state index contributed by atoms with van der Waals surface area (Å²) >= 11 is 0. The van der Waals surface area contributed by atoms with Gasteiger partial charge in [-0.15, -0.1) is 0 Å². The number of benzene rings is 1. The van der Waals surface area contributed by atoms with E-state index in [1.54, 1.807) is 11.8 Å². The Balaban J connectivity index is 2.03. The van der Waals surface area contributed by atoms with Crippen LogP contribution in [0.5, 0.6) is 5.75 Å². The second-order valence-electron chi connectivity index (χ2n) is 5.45. The summed E-state index contributed by atoms with van der Waals surface area (Å²) in [6.07, 6.45) is 0.993. The molecular weight excluding hydrogens is 276 g/mol. The fourth-order valence-corrected chi connectivity index (χ4v) is 2.18. The second kappa shape index (κ2) is 5.61. The van der Waals surface area contributed by atoms with Gasteiger partial charge in [-0.3, -0.25) is 0 Å². The van der Waals surface area contributed by atoms with Gasteiger partial charge in [0.05, 0.1) is 5.60 Å². The van der Waals surface area contributed by atoms with Crippen molar-refractivity contribution < 1.29 is 24.9 Å². The highest BCUT2D eigenvalue weighted by atomic mass is 16.4. The molecule has 4 N–H and O–H groups in total. The molecule has 21 heavy (non-hydrogen) atoms. The number of aromatic hydroxyl groups is 1. The van der Waals surface area contributed by atoms with E-state index in [2.05, 4.69) is 5.32 Å². The van der Waals surface area contributed by atoms with Crippen molar-refractivity contribution in [1.82, 2.24) is 4.90 Å². The average molecular weight is 294 g/mol. The number of aromatic carboxylic acids is 1. The van der Waals surface area contributed by atoms with Gasteiger partial charge in [-0.2, -0.15) is 0 Å². The molecule has 1 aliphatic rings. The summed E-state index contributed by atoms with van der Waals surface area (Å²) in [6.45, 7) is 2.60. The van der Waals surface area contributed by atoms with Gasteiger partial charge < -0.3 is 25.5 Å². The minimum absolute atomic E-state index is 0.269. The summed E-state index contributed by atoms with van der Waals surface area (Å²) in [7, 11) is 0. The monoisotopic (exact) mass is 294 g/mol. The lowest BCUT2D eigenvalue weighted by Crippen LogP contribution is -2.46. The summed E-state index contributed by atoms with van der Waals surface area (Å²) < 4.78 is 0. The zero-order valence-corrected chi connectivity index (χ0v) is 11.7. The standard InChI is InChI=1S/C14H18N2O5/c1-14(21)4-6-16(7-5-14)13(20)15-9-2-3-11(17)10(8-9)12(18)19/h2-3,8,17,21H,4-7H2,1H3,(H,15,20)(H,18,19). The lowest BCUT2D eigenvalue weighted by Gasteiger charge is -2.35. The van der Waals surface area contributed by atoms with Gasteiger partial charge in [0.2, 0.25) is 0 Å². The second-order valence-corrected chi connectivity index (χ2v) is 5.45. The van der Waals surface area contributed by atoms with E-state index in [1.165, 1.54) is 18.2 Å². The highest BCUT2D eigenvalue weighted by molar-refractivity contribution is 5.95. The van der Waals surface area contributed by atoms with Crippen molar-refractivity contribution >= 4 is 17.7 Å². The van der Waals surface area contributed by atoms with Crippen molar-refractivity contribution in [2.24, 2.45) is 0 Å². The molecule has 0 bridgehead atoms. The first kappa shape index (κ1) is 15.1. The number of phenols is 1. The van der Waals surface area contributed by atoms with Crippen molar-refractivity contribution in [3.63, 3.8) is 0 Å². The van der Waals surface area contributed by atoms with E-state index in [-0.39, 0.29) is 17.3 Å². The van der Waals surface area contributed by atoms with Crippen LogP contribution in [0.15, 0.2) is 18.2 Å². The van der Waals surface area contributed by atoms with Gasteiger partial charge in [-0.25, -0.2) is 9.59 Å². The zero-order valence-electron chi connectivity index (χ0n) is 11.7. The van der Waals surface area contributed by atoms with Gasteiger partial charge in [0.1, 0.15) is 11.3 Å². The third-order valence-corrected chi connectivity index (χ3v) is 3.61. The fraction of sp³-hybridized carbons (Fsp3) is 0.429. The Hall–Kier alpha value is -2.28. The summed E-state index contributed by atoms with van der Waals surface area (Å²) in [5, 5.41) is 30.8. The maximum atomic E-state index is 12.1. The highest BCUT2D eigenvalue weighted by Crippen LogP contribution is 2.24. The quantitative estimate of drug-likeness (QED) is 0.617. The molecule has 1 heterocycles. The van der Waals surface area contributed by atoms with Crippen LogP contribution >= 0.6 is 0 Å². The van der Waals surface area contributed by atoms with E-state index in [9.17, 15) is 19.8 Å². The first-order chi connectivity index (χ1) is 9.78. The number of nitrogens with zero attached hydrogens (tertiary/aromatic N) is 1. The van der Waals surface area contributed by atoms with Crippen LogP contribution < -0.4 is 5.32 Å². The summed E-state index contributed by atoms with van der Waals surface area (Å²) in [5.41, 5.74) is -0.715. The summed E-state index contributed by atoms with van der Waals surface area (Å²) in [5.74, 6) is -1.62. The molecule has 1 saturated heterocycles. The van der Waals surface area contributed by atoms with Gasteiger partial charge >= 0.3 is 12.0 Å². The number of piperidine rings is 1. The molecule has 2 amide bonds. The van der Waals surface area contributed by atoms with Crippen molar-refractivity contribution in [3.05, 3.63) is 23.8 Å². The lowest BCUT2D eigenvalue weighted by atomic mass is 9.94. The number of anilines is 1. The molecule has 1 aromatic carbocycles. The van der Waals surface area contributed by atoms with Gasteiger partial charge in [0.15, 0.2) is 0 Å². The maximum Gasteiger partial charge on any atom is 0.339 e. The van der Waals surface area contributed by atoms with Crippen LogP contribution in [0, 0.1) is 0 Å². The van der Waals surface area contributed by atoms with E-state index < -0.39 is 11.6 Å². The van der Waals surface area contributed by atoms with E-state index in [1.807, 2.05) is 0 Å². The maximum absolute atomic E-state index is 12.1. The number of likely N-dealkylation sites (tertiary alicyclic amines) is 1. The molecule has 1 aromatic rings. The number of carbonyl (C=O) groups excluding carboxylic acids is 1. The number of nitrogens with one attached hydrogen (secondary N) is 1. The van der Waals surface area contributed by atoms with Crippen LogP contribution in [-0.4, -0.2) is 50.9 Å². The normalized spacial score (nSPS) is 17.3. The van der Waals surface area contributed by atoms with Crippen LogP contribution in [0.2, 0.25) is 0 Å². The Morgan fingerprint density at radius 1 is 1.29 bits per heavy atom. The Morgan fingerprint density at radius 2 is 1.90 bits per heavy atom. The number of carboxylic acid groups (broad SMARTS) is 1. The van der Waals surface area contributed by atoms with Crippen LogP contribution in [0.1, 0.15) is 30.1 Å². The molecule has 0 unspecified atom stereocenters. The minimum atomic E-state index is -1.27. The van der Waals surface area contributed by atoms with Crippen LogP contribution in [0.4, 0.5) is 10.5 Å². The molecule has 2 rings (SSSR count). The van der Waals surface area contributed by atoms with E-state index in [0.717, 1.165) is 0 Å². The highest BCUT2D eigenvalue weighted by Gasteiger charge is 2.29. The smallest absolute Gasteiger partial charge is 0.339 e. The van der Waals surface area contributed by atoms with Crippen LogP contribution in [-0.2, 0) is 0 Å². The number of hydrogen-bond acceptors (Lipinski definition) is 4.